The standard InChI is InChI=1S/C17H20N4OS/c1-12-10-13-16(21-8-6-20(11-22)7-9-21)18-14-4-2-3-5-15(14)19-17(13)23-12/h2-5,10-11,13,17,19H,6-9H2,1H3. The minimum Gasteiger partial charge on any atom is -0.370 e. The van der Waals surface area contributed by atoms with Gasteiger partial charge in [0.15, 0.2) is 0 Å². The zero-order valence-electron chi connectivity index (χ0n) is 13.1. The van der Waals surface area contributed by atoms with Crippen molar-refractivity contribution in [2.75, 3.05) is 31.5 Å². The van der Waals surface area contributed by atoms with Crippen LogP contribution in [0.25, 0.3) is 0 Å². The first kappa shape index (κ1) is 14.6. The topological polar surface area (TPSA) is 47.9 Å². The number of nitrogens with zero attached hydrogens (tertiary/aromatic N) is 3. The molecule has 3 aliphatic heterocycles. The lowest BCUT2D eigenvalue weighted by Gasteiger charge is -2.36. The van der Waals surface area contributed by atoms with Gasteiger partial charge in [0, 0.05) is 26.2 Å². The van der Waals surface area contributed by atoms with E-state index in [0.29, 0.717) is 5.37 Å². The summed E-state index contributed by atoms with van der Waals surface area (Å²) in [4.78, 5) is 21.5. The zero-order valence-corrected chi connectivity index (χ0v) is 13.9. The summed E-state index contributed by atoms with van der Waals surface area (Å²) >= 11 is 1.88. The number of amidine groups is 1. The molecule has 1 aromatic rings. The quantitative estimate of drug-likeness (QED) is 0.805. The zero-order chi connectivity index (χ0) is 15.8. The molecule has 1 N–H and O–H groups in total. The normalized spacial score (nSPS) is 26.5. The fourth-order valence-electron chi connectivity index (χ4n) is 3.36. The molecule has 6 heteroatoms. The lowest BCUT2D eigenvalue weighted by molar-refractivity contribution is -0.119. The fraction of sp³-hybridized carbons (Fsp3) is 0.412. The van der Waals surface area contributed by atoms with Crippen LogP contribution in [-0.4, -0.2) is 53.6 Å². The van der Waals surface area contributed by atoms with Crippen molar-refractivity contribution in [3.63, 3.8) is 0 Å². The molecule has 0 bridgehead atoms. The Kier molecular flexibility index (Phi) is 3.77. The maximum atomic E-state index is 10.9. The molecule has 5 nitrogen and oxygen atoms in total. The van der Waals surface area contributed by atoms with Gasteiger partial charge in [-0.15, -0.1) is 11.8 Å². The number of aliphatic imine (C=N–C) groups is 1. The summed E-state index contributed by atoms with van der Waals surface area (Å²) in [6, 6.07) is 8.23. The van der Waals surface area contributed by atoms with Crippen LogP contribution in [-0.2, 0) is 4.79 Å². The van der Waals surface area contributed by atoms with Crippen molar-refractivity contribution in [3.8, 4) is 0 Å². The van der Waals surface area contributed by atoms with Crippen LogP contribution in [0.5, 0.6) is 0 Å². The molecule has 1 aromatic carbocycles. The number of anilines is 1. The molecular weight excluding hydrogens is 308 g/mol. The van der Waals surface area contributed by atoms with E-state index in [1.54, 1.807) is 0 Å². The first-order valence-electron chi connectivity index (χ1n) is 7.98. The third kappa shape index (κ3) is 2.72. The van der Waals surface area contributed by atoms with E-state index >= 15 is 0 Å². The Hall–Kier alpha value is -1.95. The molecule has 0 saturated carbocycles. The van der Waals surface area contributed by atoms with Gasteiger partial charge in [-0.2, -0.15) is 0 Å². The smallest absolute Gasteiger partial charge is 0.209 e. The highest BCUT2D eigenvalue weighted by Gasteiger charge is 2.36. The number of amides is 1. The number of hydrogen-bond donors (Lipinski definition) is 1. The highest BCUT2D eigenvalue weighted by atomic mass is 32.2. The van der Waals surface area contributed by atoms with Crippen LogP contribution < -0.4 is 5.32 Å². The summed E-state index contributed by atoms with van der Waals surface area (Å²) in [6.07, 6.45) is 3.26. The van der Waals surface area contributed by atoms with Gasteiger partial charge in [-0.1, -0.05) is 18.2 Å². The average molecular weight is 328 g/mol. The second kappa shape index (κ2) is 5.92. The predicted molar refractivity (Wildman–Crippen MR) is 95.0 cm³/mol. The monoisotopic (exact) mass is 328 g/mol. The van der Waals surface area contributed by atoms with Crippen LogP contribution in [0, 0.1) is 5.92 Å². The summed E-state index contributed by atoms with van der Waals surface area (Å²) in [5.74, 6) is 1.40. The first-order valence-corrected chi connectivity index (χ1v) is 8.86. The van der Waals surface area contributed by atoms with E-state index in [4.69, 9.17) is 4.99 Å². The number of hydrogen-bond acceptors (Lipinski definition) is 5. The molecule has 0 spiro atoms. The van der Waals surface area contributed by atoms with Crippen LogP contribution in [0.3, 0.4) is 0 Å². The van der Waals surface area contributed by atoms with Gasteiger partial charge >= 0.3 is 0 Å². The molecule has 2 atom stereocenters. The van der Waals surface area contributed by atoms with Crippen LogP contribution in [0.15, 0.2) is 40.2 Å². The number of nitrogens with one attached hydrogen (secondary N) is 1. The van der Waals surface area contributed by atoms with Gasteiger partial charge < -0.3 is 15.1 Å². The Balaban J connectivity index is 1.69. The van der Waals surface area contributed by atoms with E-state index in [0.717, 1.165) is 49.8 Å². The molecule has 3 aliphatic rings. The van der Waals surface area contributed by atoms with Gasteiger partial charge in [-0.25, -0.2) is 4.99 Å². The second-order valence-electron chi connectivity index (χ2n) is 6.10. The van der Waals surface area contributed by atoms with Gasteiger partial charge in [0.2, 0.25) is 6.41 Å². The van der Waals surface area contributed by atoms with Gasteiger partial charge in [0.25, 0.3) is 0 Å². The summed E-state index contributed by atoms with van der Waals surface area (Å²) < 4.78 is 0. The highest BCUT2D eigenvalue weighted by molar-refractivity contribution is 8.04. The number of fused-ring (bicyclic) bond motifs is 2. The number of carbonyl (C=O) groups is 1. The van der Waals surface area contributed by atoms with Gasteiger partial charge in [-0.3, -0.25) is 4.79 Å². The number of allylic oxidation sites excluding steroid dienone is 1. The van der Waals surface area contributed by atoms with Crippen LogP contribution >= 0.6 is 11.8 Å². The van der Waals surface area contributed by atoms with E-state index in [2.05, 4.69) is 35.3 Å². The number of para-hydroxylation sites is 2. The Morgan fingerprint density at radius 2 is 2.04 bits per heavy atom. The van der Waals surface area contributed by atoms with Crippen LogP contribution in [0.2, 0.25) is 0 Å². The second-order valence-corrected chi connectivity index (χ2v) is 7.49. The Bertz CT molecular complexity index is 679. The molecule has 120 valence electrons. The van der Waals surface area contributed by atoms with Crippen molar-refractivity contribution in [2.45, 2.75) is 12.3 Å². The predicted octanol–water partition coefficient (Wildman–Crippen LogP) is 2.51. The molecule has 2 unspecified atom stereocenters. The summed E-state index contributed by atoms with van der Waals surface area (Å²) in [7, 11) is 0. The van der Waals surface area contributed by atoms with E-state index in [1.807, 2.05) is 28.8 Å². The van der Waals surface area contributed by atoms with Crippen molar-refractivity contribution >= 4 is 35.4 Å². The fourth-order valence-corrected chi connectivity index (χ4v) is 4.52. The van der Waals surface area contributed by atoms with Crippen molar-refractivity contribution in [2.24, 2.45) is 10.9 Å². The molecule has 0 aromatic heterocycles. The molecular formula is C17H20N4OS. The Labute approximate surface area is 140 Å². The molecule has 0 radical (unpaired) electrons. The van der Waals surface area contributed by atoms with Gasteiger partial charge in [0.1, 0.15) is 5.84 Å². The van der Waals surface area contributed by atoms with E-state index in [1.165, 1.54) is 4.91 Å². The maximum absolute atomic E-state index is 10.9. The summed E-state index contributed by atoms with van der Waals surface area (Å²) in [6.45, 7) is 5.39. The van der Waals surface area contributed by atoms with Gasteiger partial charge in [0.05, 0.1) is 22.7 Å². The maximum Gasteiger partial charge on any atom is 0.209 e. The lowest BCUT2D eigenvalue weighted by atomic mass is 10.1. The molecule has 23 heavy (non-hydrogen) atoms. The summed E-state index contributed by atoms with van der Waals surface area (Å²) in [5.41, 5.74) is 2.10. The van der Waals surface area contributed by atoms with E-state index in [9.17, 15) is 4.79 Å². The number of carbonyl (C=O) groups excluding carboxylic acids is 1. The van der Waals surface area contributed by atoms with Crippen molar-refractivity contribution < 1.29 is 4.79 Å². The number of benzene rings is 1. The number of thioether (sulfide) groups is 1. The molecule has 1 saturated heterocycles. The first-order chi connectivity index (χ1) is 11.2. The van der Waals surface area contributed by atoms with Crippen LogP contribution in [0.4, 0.5) is 11.4 Å². The summed E-state index contributed by atoms with van der Waals surface area (Å²) in [5, 5.41) is 3.94. The van der Waals surface area contributed by atoms with E-state index < -0.39 is 0 Å². The molecule has 3 heterocycles. The average Bonchev–Trinajstić information content (AvgIpc) is 2.87. The minimum absolute atomic E-state index is 0.273. The number of rotatable bonds is 1. The van der Waals surface area contributed by atoms with Crippen LogP contribution in [0.1, 0.15) is 6.92 Å². The number of piperazine rings is 1. The van der Waals surface area contributed by atoms with Crippen molar-refractivity contribution in [3.05, 3.63) is 35.2 Å². The molecule has 4 rings (SSSR count). The largest absolute Gasteiger partial charge is 0.370 e. The third-order valence-corrected chi connectivity index (χ3v) is 5.75. The molecule has 1 fully saturated rings. The van der Waals surface area contributed by atoms with Crippen molar-refractivity contribution in [1.82, 2.24) is 9.80 Å². The third-order valence-electron chi connectivity index (χ3n) is 4.58. The Morgan fingerprint density at radius 3 is 2.83 bits per heavy atom. The minimum atomic E-state index is 0.273. The van der Waals surface area contributed by atoms with Crippen molar-refractivity contribution in [1.29, 1.82) is 0 Å². The molecule has 0 aliphatic carbocycles. The molecule has 1 amide bonds. The lowest BCUT2D eigenvalue weighted by Crippen LogP contribution is -2.50. The van der Waals surface area contributed by atoms with E-state index in [-0.39, 0.29) is 5.92 Å². The van der Waals surface area contributed by atoms with Gasteiger partial charge in [-0.05, 0) is 24.0 Å². The Morgan fingerprint density at radius 1 is 1.26 bits per heavy atom. The highest BCUT2D eigenvalue weighted by Crippen LogP contribution is 2.42. The SMILES string of the molecule is CC1=CC2C(N3CCN(C=O)CC3)=Nc3ccccc3NC2S1.